The lowest BCUT2D eigenvalue weighted by molar-refractivity contribution is 0.222. The smallest absolute Gasteiger partial charge is 0.302 e. The molecule has 1 amide bonds. The molecule has 1 aromatic heterocycles. The number of ether oxygens (including phenoxy) is 1. The summed E-state index contributed by atoms with van der Waals surface area (Å²) in [6.07, 6.45) is 0. The van der Waals surface area contributed by atoms with Crippen LogP contribution in [0.5, 0.6) is 5.75 Å². The largest absolute Gasteiger partial charge is 0.497 e. The first-order chi connectivity index (χ1) is 17.8. The van der Waals surface area contributed by atoms with Crippen LogP contribution in [0.2, 0.25) is 0 Å². The van der Waals surface area contributed by atoms with Gasteiger partial charge in [0.15, 0.2) is 0 Å². The SMILES string of the molecule is COc1cccc(-c2nc3cc(C4=NN(Cc5ccc(F)cc5F)C(=O)SC4)ccc3n2CC(C)C)c1. The van der Waals surface area contributed by atoms with E-state index in [2.05, 4.69) is 23.5 Å². The molecule has 0 spiro atoms. The normalized spacial score (nSPS) is 13.9. The van der Waals surface area contributed by atoms with Gasteiger partial charge in [0.05, 0.1) is 30.4 Å². The Balaban J connectivity index is 1.52. The van der Waals surface area contributed by atoms with Gasteiger partial charge in [0, 0.05) is 35.1 Å². The summed E-state index contributed by atoms with van der Waals surface area (Å²) >= 11 is 1.10. The molecule has 0 saturated carbocycles. The Morgan fingerprint density at radius 2 is 1.89 bits per heavy atom. The van der Waals surface area contributed by atoms with Gasteiger partial charge in [0.2, 0.25) is 0 Å². The lowest BCUT2D eigenvalue weighted by atomic mass is 10.1. The van der Waals surface area contributed by atoms with Gasteiger partial charge in [-0.05, 0) is 36.2 Å². The monoisotopic (exact) mass is 520 g/mol. The lowest BCUT2D eigenvalue weighted by Gasteiger charge is -2.23. The van der Waals surface area contributed by atoms with E-state index in [1.807, 2.05) is 42.5 Å². The van der Waals surface area contributed by atoms with E-state index >= 15 is 0 Å². The van der Waals surface area contributed by atoms with Crippen molar-refractivity contribution in [1.82, 2.24) is 14.6 Å². The van der Waals surface area contributed by atoms with Crippen molar-refractivity contribution >= 4 is 33.7 Å². The summed E-state index contributed by atoms with van der Waals surface area (Å²) in [6.45, 7) is 5.05. The molecule has 0 N–H and O–H groups in total. The summed E-state index contributed by atoms with van der Waals surface area (Å²) in [5.41, 5.74) is 4.50. The summed E-state index contributed by atoms with van der Waals surface area (Å²) in [4.78, 5) is 17.5. The highest BCUT2D eigenvalue weighted by Crippen LogP contribution is 2.30. The number of thioether (sulfide) groups is 1. The molecule has 37 heavy (non-hydrogen) atoms. The first kappa shape index (κ1) is 25.0. The third kappa shape index (κ3) is 5.22. The van der Waals surface area contributed by atoms with Crippen LogP contribution in [0.1, 0.15) is 25.0 Å². The molecule has 5 rings (SSSR count). The number of amides is 1. The fraction of sp³-hybridized carbons (Fsp3) is 0.250. The van der Waals surface area contributed by atoms with Gasteiger partial charge in [-0.25, -0.2) is 18.8 Å². The highest BCUT2D eigenvalue weighted by Gasteiger charge is 2.24. The Morgan fingerprint density at radius 3 is 2.65 bits per heavy atom. The van der Waals surface area contributed by atoms with Gasteiger partial charge in [-0.1, -0.05) is 49.9 Å². The molecule has 4 aromatic rings. The van der Waals surface area contributed by atoms with E-state index in [-0.39, 0.29) is 17.3 Å². The molecular weight excluding hydrogens is 494 g/mol. The van der Waals surface area contributed by atoms with Crippen LogP contribution < -0.4 is 4.74 Å². The number of nitrogens with zero attached hydrogens (tertiary/aromatic N) is 4. The van der Waals surface area contributed by atoms with Gasteiger partial charge >= 0.3 is 5.24 Å². The lowest BCUT2D eigenvalue weighted by Crippen LogP contribution is -2.29. The van der Waals surface area contributed by atoms with Crippen molar-refractivity contribution < 1.29 is 18.3 Å². The van der Waals surface area contributed by atoms with E-state index < -0.39 is 11.6 Å². The molecule has 3 aromatic carbocycles. The summed E-state index contributed by atoms with van der Waals surface area (Å²) in [7, 11) is 1.64. The first-order valence-corrected chi connectivity index (χ1v) is 12.9. The second kappa shape index (κ2) is 10.3. The quantitative estimate of drug-likeness (QED) is 0.271. The fourth-order valence-electron chi connectivity index (χ4n) is 4.31. The molecule has 0 saturated heterocycles. The van der Waals surface area contributed by atoms with E-state index in [0.717, 1.165) is 58.1 Å². The molecule has 0 fully saturated rings. The number of fused-ring (bicyclic) bond motifs is 1. The van der Waals surface area contributed by atoms with Crippen molar-refractivity contribution in [3.05, 3.63) is 83.4 Å². The molecule has 0 radical (unpaired) electrons. The number of benzene rings is 3. The molecule has 0 aliphatic carbocycles. The van der Waals surface area contributed by atoms with Gasteiger partial charge in [0.25, 0.3) is 0 Å². The standard InChI is InChI=1S/C28H26F2N4O2S/c1-17(2)14-33-26-10-8-18(12-24(26)31-27(33)19-5-4-6-22(11-19)36-3)25-16-37-28(35)34(32-25)15-20-7-9-21(29)13-23(20)30/h4-13,17H,14-16H2,1-3H3. The van der Waals surface area contributed by atoms with E-state index in [1.54, 1.807) is 7.11 Å². The molecule has 0 bridgehead atoms. The second-order valence-corrected chi connectivity index (χ2v) is 10.2. The maximum Gasteiger partial charge on any atom is 0.302 e. The van der Waals surface area contributed by atoms with E-state index in [0.29, 0.717) is 17.4 Å². The molecule has 1 aliphatic rings. The highest BCUT2D eigenvalue weighted by atomic mass is 32.2. The number of methoxy groups -OCH3 is 1. The minimum Gasteiger partial charge on any atom is -0.497 e. The van der Waals surface area contributed by atoms with Crippen LogP contribution in [-0.4, -0.2) is 38.4 Å². The summed E-state index contributed by atoms with van der Waals surface area (Å²) < 4.78 is 35.1. The zero-order valence-corrected chi connectivity index (χ0v) is 21.6. The number of halogens is 2. The fourth-order valence-corrected chi connectivity index (χ4v) is 5.05. The molecule has 1 aliphatic heterocycles. The Hall–Kier alpha value is -3.72. The molecule has 190 valence electrons. The maximum atomic E-state index is 14.2. The molecule has 0 unspecified atom stereocenters. The first-order valence-electron chi connectivity index (χ1n) is 11.9. The number of imidazole rings is 1. The Bertz CT molecular complexity index is 1520. The Kier molecular flexibility index (Phi) is 6.97. The Labute approximate surface area is 217 Å². The number of hydrogen-bond donors (Lipinski definition) is 0. The van der Waals surface area contributed by atoms with Gasteiger partial charge in [-0.3, -0.25) is 4.79 Å². The molecule has 2 heterocycles. The van der Waals surface area contributed by atoms with Crippen molar-refractivity contribution in [2.45, 2.75) is 26.9 Å². The van der Waals surface area contributed by atoms with Crippen molar-refractivity contribution in [2.75, 3.05) is 12.9 Å². The van der Waals surface area contributed by atoms with E-state index in [9.17, 15) is 13.6 Å². The topological polar surface area (TPSA) is 59.7 Å². The summed E-state index contributed by atoms with van der Waals surface area (Å²) in [6, 6.07) is 17.1. The number of aromatic nitrogens is 2. The van der Waals surface area contributed by atoms with Crippen LogP contribution in [0.15, 0.2) is 65.8 Å². The molecule has 6 nitrogen and oxygen atoms in total. The molecule has 0 atom stereocenters. The van der Waals surface area contributed by atoms with Crippen molar-refractivity contribution in [2.24, 2.45) is 11.0 Å². The highest BCUT2D eigenvalue weighted by molar-refractivity contribution is 8.14. The second-order valence-electron chi connectivity index (χ2n) is 9.27. The average Bonchev–Trinajstić information content (AvgIpc) is 3.24. The zero-order chi connectivity index (χ0) is 26.1. The van der Waals surface area contributed by atoms with Crippen molar-refractivity contribution in [3.63, 3.8) is 0 Å². The average molecular weight is 521 g/mol. The number of hydrogen-bond acceptors (Lipinski definition) is 5. The maximum absolute atomic E-state index is 14.2. The predicted molar refractivity (Wildman–Crippen MR) is 143 cm³/mol. The number of carbonyl (C=O) groups excluding carboxylic acids is 1. The zero-order valence-electron chi connectivity index (χ0n) is 20.7. The van der Waals surface area contributed by atoms with Gasteiger partial charge in [0.1, 0.15) is 23.2 Å². The van der Waals surface area contributed by atoms with Crippen LogP contribution >= 0.6 is 11.8 Å². The van der Waals surface area contributed by atoms with Gasteiger partial charge in [-0.2, -0.15) is 5.10 Å². The predicted octanol–water partition coefficient (Wildman–Crippen LogP) is 6.72. The minimum atomic E-state index is -0.706. The van der Waals surface area contributed by atoms with Crippen LogP contribution in [0.25, 0.3) is 22.4 Å². The van der Waals surface area contributed by atoms with E-state index in [4.69, 9.17) is 9.72 Å². The van der Waals surface area contributed by atoms with E-state index in [1.165, 1.54) is 17.1 Å². The number of rotatable bonds is 7. The third-order valence-corrected chi connectivity index (χ3v) is 6.95. The van der Waals surface area contributed by atoms with Crippen LogP contribution in [0.4, 0.5) is 13.6 Å². The van der Waals surface area contributed by atoms with Crippen LogP contribution in [-0.2, 0) is 13.1 Å². The van der Waals surface area contributed by atoms with Crippen molar-refractivity contribution in [1.29, 1.82) is 0 Å². The minimum absolute atomic E-state index is 0.0767. The summed E-state index contributed by atoms with van der Waals surface area (Å²) in [5.74, 6) is 1.04. The third-order valence-electron chi connectivity index (χ3n) is 6.08. The molecule has 9 heteroatoms. The van der Waals surface area contributed by atoms with Crippen LogP contribution in [0, 0.1) is 17.6 Å². The van der Waals surface area contributed by atoms with Crippen molar-refractivity contribution in [3.8, 4) is 17.1 Å². The number of hydrazone groups is 1. The van der Waals surface area contributed by atoms with Crippen LogP contribution in [0.3, 0.4) is 0 Å². The number of carbonyl (C=O) groups is 1. The van der Waals surface area contributed by atoms with Gasteiger partial charge in [-0.15, -0.1) is 0 Å². The summed E-state index contributed by atoms with van der Waals surface area (Å²) in [5, 5.41) is 5.47. The van der Waals surface area contributed by atoms with Gasteiger partial charge < -0.3 is 9.30 Å². The molecular formula is C28H26F2N4O2S. The Morgan fingerprint density at radius 1 is 1.05 bits per heavy atom.